The SMILES string of the molecule is CCCCCCCCCc1ccccc1OP(O)Oc1cccc(CCCC)c1CCCC. The molecule has 0 fully saturated rings. The van der Waals surface area contributed by atoms with Crippen LogP contribution in [-0.4, -0.2) is 4.89 Å². The molecule has 1 atom stereocenters. The van der Waals surface area contributed by atoms with Gasteiger partial charge in [-0.15, -0.1) is 0 Å². The Kier molecular flexibility index (Phi) is 14.2. The van der Waals surface area contributed by atoms with Crippen molar-refractivity contribution >= 4 is 8.60 Å². The minimum Gasteiger partial charge on any atom is -0.418 e. The van der Waals surface area contributed by atoms with Crippen molar-refractivity contribution in [2.75, 3.05) is 0 Å². The second kappa shape index (κ2) is 17.0. The third kappa shape index (κ3) is 10.5. The highest BCUT2D eigenvalue weighted by Gasteiger charge is 2.18. The Morgan fingerprint density at radius 1 is 0.576 bits per heavy atom. The molecule has 0 radical (unpaired) electrons. The van der Waals surface area contributed by atoms with Crippen LogP contribution in [0.1, 0.15) is 108 Å². The maximum absolute atomic E-state index is 10.7. The first-order chi connectivity index (χ1) is 16.2. The standard InChI is InChI=1S/C29H45O3P/c1-4-7-10-11-12-13-14-19-26-20-15-16-23-28(26)31-33(30)32-29-24-17-21-25(18-8-5-2)27(29)22-9-6-3/h15-17,20-21,23-24,30H,4-14,18-19,22H2,1-3H3. The fourth-order valence-electron chi connectivity index (χ4n) is 4.19. The molecule has 33 heavy (non-hydrogen) atoms. The predicted octanol–water partition coefficient (Wildman–Crippen LogP) is 9.34. The van der Waals surface area contributed by atoms with E-state index >= 15 is 0 Å². The highest BCUT2D eigenvalue weighted by atomic mass is 31.2. The van der Waals surface area contributed by atoms with E-state index in [0.717, 1.165) is 55.6 Å². The van der Waals surface area contributed by atoms with Crippen LogP contribution < -0.4 is 9.05 Å². The zero-order valence-electron chi connectivity index (χ0n) is 21.2. The molecular weight excluding hydrogens is 427 g/mol. The Bertz CT molecular complexity index is 777. The number of benzene rings is 2. The zero-order valence-corrected chi connectivity index (χ0v) is 22.0. The molecule has 1 N–H and O–H groups in total. The Labute approximate surface area is 203 Å². The molecule has 184 valence electrons. The number of unbranched alkanes of at least 4 members (excludes halogenated alkanes) is 8. The van der Waals surface area contributed by atoms with Crippen LogP contribution >= 0.6 is 8.60 Å². The van der Waals surface area contributed by atoms with Crippen LogP contribution in [0.3, 0.4) is 0 Å². The van der Waals surface area contributed by atoms with Crippen LogP contribution in [0.2, 0.25) is 0 Å². The molecule has 0 aromatic heterocycles. The van der Waals surface area contributed by atoms with Crippen LogP contribution in [0.4, 0.5) is 0 Å². The molecule has 0 amide bonds. The first-order valence-electron chi connectivity index (χ1n) is 13.2. The molecule has 0 aliphatic carbocycles. The number of hydrogen-bond donors (Lipinski definition) is 1. The molecule has 0 aliphatic heterocycles. The fourth-order valence-corrected chi connectivity index (χ4v) is 4.92. The molecule has 0 heterocycles. The maximum Gasteiger partial charge on any atom is 0.460 e. The molecule has 0 bridgehead atoms. The summed E-state index contributed by atoms with van der Waals surface area (Å²) in [5.74, 6) is 1.52. The average Bonchev–Trinajstić information content (AvgIpc) is 2.82. The molecule has 1 unspecified atom stereocenters. The summed E-state index contributed by atoms with van der Waals surface area (Å²) in [6.07, 6.45) is 16.6. The lowest BCUT2D eigenvalue weighted by atomic mass is 9.97. The van der Waals surface area contributed by atoms with Crippen molar-refractivity contribution in [2.45, 2.75) is 111 Å². The van der Waals surface area contributed by atoms with E-state index < -0.39 is 8.60 Å². The van der Waals surface area contributed by atoms with Gasteiger partial charge in [0.15, 0.2) is 0 Å². The minimum absolute atomic E-state index is 0.745. The molecule has 0 saturated heterocycles. The minimum atomic E-state index is -2.03. The van der Waals surface area contributed by atoms with Crippen molar-refractivity contribution in [3.8, 4) is 11.5 Å². The van der Waals surface area contributed by atoms with Crippen molar-refractivity contribution in [2.24, 2.45) is 0 Å². The van der Waals surface area contributed by atoms with E-state index in [-0.39, 0.29) is 0 Å². The van der Waals surface area contributed by atoms with Crippen LogP contribution in [0.15, 0.2) is 42.5 Å². The highest BCUT2D eigenvalue weighted by molar-refractivity contribution is 7.41. The van der Waals surface area contributed by atoms with Crippen molar-refractivity contribution in [3.05, 3.63) is 59.2 Å². The lowest BCUT2D eigenvalue weighted by Crippen LogP contribution is -2.02. The van der Waals surface area contributed by atoms with Crippen LogP contribution in [-0.2, 0) is 19.3 Å². The molecule has 2 aromatic rings. The summed E-state index contributed by atoms with van der Waals surface area (Å²) >= 11 is 0. The Morgan fingerprint density at radius 2 is 1.12 bits per heavy atom. The summed E-state index contributed by atoms with van der Waals surface area (Å²) in [6, 6.07) is 14.3. The van der Waals surface area contributed by atoms with Crippen LogP contribution in [0.25, 0.3) is 0 Å². The topological polar surface area (TPSA) is 38.7 Å². The van der Waals surface area contributed by atoms with Crippen molar-refractivity contribution < 1.29 is 13.9 Å². The van der Waals surface area contributed by atoms with Gasteiger partial charge in [-0.25, -0.2) is 0 Å². The van der Waals surface area contributed by atoms with Gasteiger partial charge in [0.1, 0.15) is 11.5 Å². The Hall–Kier alpha value is -1.57. The van der Waals surface area contributed by atoms with Crippen LogP contribution in [0.5, 0.6) is 11.5 Å². The van der Waals surface area contributed by atoms with E-state index in [1.165, 1.54) is 62.5 Å². The van der Waals surface area contributed by atoms with Gasteiger partial charge < -0.3 is 13.9 Å². The van der Waals surface area contributed by atoms with Gasteiger partial charge in [-0.1, -0.05) is 102 Å². The van der Waals surface area contributed by atoms with Gasteiger partial charge in [-0.3, -0.25) is 0 Å². The van der Waals surface area contributed by atoms with Gasteiger partial charge in [-0.2, -0.15) is 0 Å². The number of para-hydroxylation sites is 1. The molecule has 0 saturated carbocycles. The van der Waals surface area contributed by atoms with E-state index in [0.29, 0.717) is 0 Å². The molecule has 2 rings (SSSR count). The first kappa shape index (κ1) is 27.7. The maximum atomic E-state index is 10.7. The summed E-state index contributed by atoms with van der Waals surface area (Å²) in [6.45, 7) is 6.68. The fraction of sp³-hybridized carbons (Fsp3) is 0.586. The van der Waals surface area contributed by atoms with Crippen molar-refractivity contribution in [1.82, 2.24) is 0 Å². The Morgan fingerprint density at radius 3 is 1.88 bits per heavy atom. The summed E-state index contributed by atoms with van der Waals surface area (Å²) in [5, 5.41) is 0. The molecule has 0 spiro atoms. The molecular formula is C29H45O3P. The van der Waals surface area contributed by atoms with E-state index in [4.69, 9.17) is 9.05 Å². The third-order valence-corrected chi connectivity index (χ3v) is 6.89. The number of aryl methyl sites for hydroxylation is 2. The van der Waals surface area contributed by atoms with Gasteiger partial charge in [0.05, 0.1) is 0 Å². The van der Waals surface area contributed by atoms with E-state index in [1.54, 1.807) is 0 Å². The highest BCUT2D eigenvalue weighted by Crippen LogP contribution is 2.40. The quantitative estimate of drug-likeness (QED) is 0.173. The van der Waals surface area contributed by atoms with Crippen LogP contribution in [0, 0.1) is 0 Å². The lowest BCUT2D eigenvalue weighted by molar-refractivity contribution is 0.377. The second-order valence-corrected chi connectivity index (χ2v) is 9.84. The summed E-state index contributed by atoms with van der Waals surface area (Å²) < 4.78 is 11.9. The third-order valence-electron chi connectivity index (χ3n) is 6.19. The Balaban J connectivity index is 1.97. The van der Waals surface area contributed by atoms with Gasteiger partial charge >= 0.3 is 8.60 Å². The average molecular weight is 473 g/mol. The van der Waals surface area contributed by atoms with Gasteiger partial charge in [0, 0.05) is 0 Å². The number of hydrogen-bond acceptors (Lipinski definition) is 3. The smallest absolute Gasteiger partial charge is 0.418 e. The zero-order chi connectivity index (χ0) is 23.7. The van der Waals surface area contributed by atoms with Gasteiger partial charge in [-0.05, 0) is 67.3 Å². The molecule has 2 aromatic carbocycles. The van der Waals surface area contributed by atoms with Gasteiger partial charge in [0.2, 0.25) is 0 Å². The normalized spacial score (nSPS) is 12.0. The predicted molar refractivity (Wildman–Crippen MR) is 142 cm³/mol. The monoisotopic (exact) mass is 472 g/mol. The number of rotatable bonds is 18. The molecule has 0 aliphatic rings. The first-order valence-corrected chi connectivity index (χ1v) is 14.4. The summed E-state index contributed by atoms with van der Waals surface area (Å²) in [4.78, 5) is 10.7. The lowest BCUT2D eigenvalue weighted by Gasteiger charge is -2.19. The van der Waals surface area contributed by atoms with E-state index in [1.807, 2.05) is 30.3 Å². The largest absolute Gasteiger partial charge is 0.460 e. The van der Waals surface area contributed by atoms with E-state index in [9.17, 15) is 4.89 Å². The summed E-state index contributed by atoms with van der Waals surface area (Å²) in [5.41, 5.74) is 3.72. The van der Waals surface area contributed by atoms with Gasteiger partial charge in [0.25, 0.3) is 0 Å². The van der Waals surface area contributed by atoms with E-state index in [2.05, 4.69) is 32.9 Å². The molecule has 4 heteroatoms. The molecule has 3 nitrogen and oxygen atoms in total. The van der Waals surface area contributed by atoms with Crippen molar-refractivity contribution in [1.29, 1.82) is 0 Å². The second-order valence-electron chi connectivity index (χ2n) is 9.00. The van der Waals surface area contributed by atoms with Crippen molar-refractivity contribution in [3.63, 3.8) is 0 Å². The summed E-state index contributed by atoms with van der Waals surface area (Å²) in [7, 11) is -2.03.